The second-order valence-electron chi connectivity index (χ2n) is 7.85. The summed E-state index contributed by atoms with van der Waals surface area (Å²) in [7, 11) is 0. The second-order valence-corrected chi connectivity index (χ2v) is 7.85. The van der Waals surface area contributed by atoms with Gasteiger partial charge >= 0.3 is 0 Å². The minimum atomic E-state index is -0.0396. The fraction of sp³-hybridized carbons (Fsp3) is 0.455. The highest BCUT2D eigenvalue weighted by Gasteiger charge is 2.41. The molecule has 152 valence electrons. The molecule has 0 radical (unpaired) electrons. The normalized spacial score (nSPS) is 27.4. The van der Waals surface area contributed by atoms with E-state index in [0.717, 1.165) is 60.6 Å². The summed E-state index contributed by atoms with van der Waals surface area (Å²) in [5.41, 5.74) is 2.30. The third-order valence-electron chi connectivity index (χ3n) is 6.22. The Hall–Kier alpha value is -2.64. The van der Waals surface area contributed by atoms with E-state index in [4.69, 9.17) is 28.4 Å². The maximum absolute atomic E-state index is 6.53. The topological polar surface area (TPSA) is 58.6 Å². The van der Waals surface area contributed by atoms with Gasteiger partial charge in [-0.15, -0.1) is 0 Å². The van der Waals surface area contributed by atoms with Gasteiger partial charge in [0.2, 0.25) is 13.6 Å². The van der Waals surface area contributed by atoms with Crippen LogP contribution < -0.4 is 23.7 Å². The third kappa shape index (κ3) is 2.80. The van der Waals surface area contributed by atoms with Crippen LogP contribution in [-0.2, 0) is 4.74 Å². The van der Waals surface area contributed by atoms with E-state index in [0.29, 0.717) is 0 Å². The molecule has 0 unspecified atom stereocenters. The standard InChI is InChI=1S/C22H23NO6/c1-13-21(14-2-3-16-18(8-14)26-11-25-16)15-9-19-20(28-12-27-19)10-17(15)29-22(13)23-4-6-24-7-5-23/h2-3,8-10,13,21-22H,4-7,11-12H2,1H3/t13-,21+,22-/m1/s1. The second kappa shape index (κ2) is 6.71. The fourth-order valence-corrected chi connectivity index (χ4v) is 4.80. The first-order chi connectivity index (χ1) is 14.3. The summed E-state index contributed by atoms with van der Waals surface area (Å²) < 4.78 is 34.5. The smallest absolute Gasteiger partial charge is 0.231 e. The summed E-state index contributed by atoms with van der Waals surface area (Å²) in [6, 6.07) is 10.3. The average Bonchev–Trinajstić information content (AvgIpc) is 3.41. The van der Waals surface area contributed by atoms with Crippen molar-refractivity contribution in [3.8, 4) is 28.7 Å². The molecule has 4 heterocycles. The Labute approximate surface area is 169 Å². The number of ether oxygens (including phenoxy) is 6. The molecule has 0 saturated carbocycles. The number of fused-ring (bicyclic) bond motifs is 3. The molecule has 29 heavy (non-hydrogen) atoms. The fourth-order valence-electron chi connectivity index (χ4n) is 4.80. The Balaban J connectivity index is 1.45. The summed E-state index contributed by atoms with van der Waals surface area (Å²) in [6.07, 6.45) is -0.0396. The van der Waals surface area contributed by atoms with Crippen LogP contribution in [0.15, 0.2) is 30.3 Å². The van der Waals surface area contributed by atoms with Crippen molar-refractivity contribution in [1.82, 2.24) is 4.90 Å². The highest BCUT2D eigenvalue weighted by Crippen LogP contribution is 2.50. The molecule has 2 aromatic carbocycles. The van der Waals surface area contributed by atoms with Crippen molar-refractivity contribution in [2.45, 2.75) is 19.1 Å². The monoisotopic (exact) mass is 397 g/mol. The van der Waals surface area contributed by atoms with Crippen LogP contribution in [-0.4, -0.2) is 51.0 Å². The maximum atomic E-state index is 6.53. The summed E-state index contributed by atoms with van der Waals surface area (Å²) in [6.45, 7) is 5.96. The first kappa shape index (κ1) is 17.2. The molecule has 7 heteroatoms. The van der Waals surface area contributed by atoms with Crippen molar-refractivity contribution in [2.24, 2.45) is 5.92 Å². The van der Waals surface area contributed by atoms with Crippen molar-refractivity contribution in [2.75, 3.05) is 39.9 Å². The quantitative estimate of drug-likeness (QED) is 0.772. The Morgan fingerprint density at radius 1 is 0.793 bits per heavy atom. The number of hydrogen-bond acceptors (Lipinski definition) is 7. The lowest BCUT2D eigenvalue weighted by Gasteiger charge is -2.44. The zero-order chi connectivity index (χ0) is 19.4. The molecular formula is C22H23NO6. The molecule has 2 aromatic rings. The molecule has 3 atom stereocenters. The SMILES string of the molecule is C[C@@H]1[C@@H](c2ccc3c(c2)OCO3)c2cc3c(cc2O[C@H]1N1CCOCC1)OCO3. The van der Waals surface area contributed by atoms with Gasteiger partial charge in [-0.25, -0.2) is 0 Å². The molecule has 1 saturated heterocycles. The van der Waals surface area contributed by atoms with E-state index in [1.807, 2.05) is 12.1 Å². The van der Waals surface area contributed by atoms with Crippen LogP contribution in [0.2, 0.25) is 0 Å². The van der Waals surface area contributed by atoms with E-state index >= 15 is 0 Å². The lowest BCUT2D eigenvalue weighted by atomic mass is 9.78. The number of hydrogen-bond donors (Lipinski definition) is 0. The van der Waals surface area contributed by atoms with Gasteiger partial charge in [0.25, 0.3) is 0 Å². The number of nitrogens with zero attached hydrogens (tertiary/aromatic N) is 1. The molecule has 0 spiro atoms. The number of benzene rings is 2. The Morgan fingerprint density at radius 3 is 2.28 bits per heavy atom. The van der Waals surface area contributed by atoms with E-state index < -0.39 is 0 Å². The predicted octanol–water partition coefficient (Wildman–Crippen LogP) is 2.96. The van der Waals surface area contributed by atoms with Crippen LogP contribution in [0.1, 0.15) is 24.0 Å². The van der Waals surface area contributed by atoms with Crippen LogP contribution >= 0.6 is 0 Å². The molecule has 1 fully saturated rings. The van der Waals surface area contributed by atoms with Crippen LogP contribution in [0.4, 0.5) is 0 Å². The van der Waals surface area contributed by atoms with Crippen LogP contribution in [0.3, 0.4) is 0 Å². The first-order valence-electron chi connectivity index (χ1n) is 10.1. The largest absolute Gasteiger partial charge is 0.474 e. The van der Waals surface area contributed by atoms with Gasteiger partial charge in [0, 0.05) is 36.6 Å². The summed E-state index contributed by atoms with van der Waals surface area (Å²) in [4.78, 5) is 2.38. The molecular weight excluding hydrogens is 374 g/mol. The minimum absolute atomic E-state index is 0.0396. The molecule has 0 N–H and O–H groups in total. The number of rotatable bonds is 2. The van der Waals surface area contributed by atoms with Crippen molar-refractivity contribution in [3.63, 3.8) is 0 Å². The van der Waals surface area contributed by atoms with Gasteiger partial charge in [0.05, 0.1) is 13.2 Å². The lowest BCUT2D eigenvalue weighted by Crippen LogP contribution is -2.52. The van der Waals surface area contributed by atoms with Gasteiger partial charge in [-0.3, -0.25) is 4.90 Å². The van der Waals surface area contributed by atoms with E-state index in [1.54, 1.807) is 0 Å². The molecule has 0 aliphatic carbocycles. The molecule has 0 bridgehead atoms. The minimum Gasteiger partial charge on any atom is -0.474 e. The third-order valence-corrected chi connectivity index (χ3v) is 6.22. The highest BCUT2D eigenvalue weighted by molar-refractivity contribution is 5.57. The Morgan fingerprint density at radius 2 is 1.48 bits per heavy atom. The zero-order valence-electron chi connectivity index (χ0n) is 16.3. The maximum Gasteiger partial charge on any atom is 0.231 e. The van der Waals surface area contributed by atoms with E-state index in [-0.39, 0.29) is 31.6 Å². The molecule has 7 nitrogen and oxygen atoms in total. The average molecular weight is 397 g/mol. The summed E-state index contributed by atoms with van der Waals surface area (Å²) in [5.74, 6) is 4.32. The van der Waals surface area contributed by atoms with E-state index in [9.17, 15) is 0 Å². The summed E-state index contributed by atoms with van der Waals surface area (Å²) >= 11 is 0. The van der Waals surface area contributed by atoms with Crippen LogP contribution in [0, 0.1) is 5.92 Å². The van der Waals surface area contributed by atoms with Crippen molar-refractivity contribution in [1.29, 1.82) is 0 Å². The molecule has 0 aromatic heterocycles. The van der Waals surface area contributed by atoms with Gasteiger partial charge in [0.15, 0.2) is 29.2 Å². The summed E-state index contributed by atoms with van der Waals surface area (Å²) in [5, 5.41) is 0. The van der Waals surface area contributed by atoms with Gasteiger partial charge < -0.3 is 28.4 Å². The molecule has 4 aliphatic heterocycles. The molecule has 4 aliphatic rings. The van der Waals surface area contributed by atoms with Gasteiger partial charge in [-0.1, -0.05) is 13.0 Å². The van der Waals surface area contributed by atoms with Crippen molar-refractivity contribution in [3.05, 3.63) is 41.5 Å². The van der Waals surface area contributed by atoms with Gasteiger partial charge in [0.1, 0.15) is 5.75 Å². The van der Waals surface area contributed by atoms with Crippen LogP contribution in [0.25, 0.3) is 0 Å². The van der Waals surface area contributed by atoms with Crippen molar-refractivity contribution >= 4 is 0 Å². The zero-order valence-corrected chi connectivity index (χ0v) is 16.3. The van der Waals surface area contributed by atoms with E-state index in [2.05, 4.69) is 30.0 Å². The molecule has 0 amide bonds. The Kier molecular flexibility index (Phi) is 3.99. The highest BCUT2D eigenvalue weighted by atomic mass is 16.7. The lowest BCUT2D eigenvalue weighted by molar-refractivity contribution is -0.0784. The predicted molar refractivity (Wildman–Crippen MR) is 103 cm³/mol. The van der Waals surface area contributed by atoms with E-state index in [1.165, 1.54) is 5.56 Å². The van der Waals surface area contributed by atoms with Gasteiger partial charge in [-0.2, -0.15) is 0 Å². The first-order valence-corrected chi connectivity index (χ1v) is 10.1. The Bertz CT molecular complexity index is 941. The van der Waals surface area contributed by atoms with Crippen molar-refractivity contribution < 1.29 is 28.4 Å². The molecule has 6 rings (SSSR count). The number of morpholine rings is 1. The van der Waals surface area contributed by atoms with Crippen LogP contribution in [0.5, 0.6) is 28.7 Å². The van der Waals surface area contributed by atoms with Gasteiger partial charge in [-0.05, 0) is 23.8 Å².